The highest BCUT2D eigenvalue weighted by Gasteiger charge is 2.30. The number of primary amides is 1. The summed E-state index contributed by atoms with van der Waals surface area (Å²) in [5.74, 6) is -6.68. The normalized spacial score (nSPS) is 14.1. The van der Waals surface area contributed by atoms with Crippen molar-refractivity contribution in [1.82, 2.24) is 31.9 Å². The first-order valence-electron chi connectivity index (χ1n) is 13.1. The molecule has 0 aliphatic carbocycles. The summed E-state index contributed by atoms with van der Waals surface area (Å²) in [5, 5.41) is 47.4. The summed E-state index contributed by atoms with van der Waals surface area (Å²) in [7, 11) is 0. The first kappa shape index (κ1) is 37.3. The number of aliphatic carboxylic acids is 1. The molecule has 0 aromatic rings. The predicted octanol–water partition coefficient (Wildman–Crippen LogP) is -4.94. The van der Waals surface area contributed by atoms with Gasteiger partial charge < -0.3 is 59.3 Å². The van der Waals surface area contributed by atoms with E-state index in [9.17, 15) is 33.9 Å². The number of nitrogens with one attached hydrogen (secondary N) is 8. The van der Waals surface area contributed by atoms with E-state index < -0.39 is 78.6 Å². The number of guanidine groups is 2. The Morgan fingerprint density at radius 1 is 0.690 bits per heavy atom. The number of amides is 5. The summed E-state index contributed by atoms with van der Waals surface area (Å²) >= 11 is 0. The number of hydrogen-bond acceptors (Lipinski definition) is 9. The second-order valence-corrected chi connectivity index (χ2v) is 9.46. The SMILES string of the molecule is C[C@H](NC(=O)[C@H](CO)NC(=O)[C@H](CCCNC(=N)N)NC(=O)[C@@H](C)CCCNC(=N)N)C(=O)N[C@@H](CC(=O)O)C(N)=O. The van der Waals surface area contributed by atoms with Gasteiger partial charge in [-0.2, -0.15) is 0 Å². The Morgan fingerprint density at radius 2 is 1.17 bits per heavy atom. The Hall–Kier alpha value is -4.68. The smallest absolute Gasteiger partial charge is 0.305 e. The minimum absolute atomic E-state index is 0.0765. The van der Waals surface area contributed by atoms with Gasteiger partial charge in [-0.3, -0.25) is 39.6 Å². The molecule has 0 aliphatic rings. The number of rotatable bonds is 20. The molecule has 0 rings (SSSR count). The van der Waals surface area contributed by atoms with Gasteiger partial charge in [0, 0.05) is 19.0 Å². The van der Waals surface area contributed by atoms with Crippen molar-refractivity contribution >= 4 is 47.4 Å². The molecule has 0 bridgehead atoms. The first-order valence-corrected chi connectivity index (χ1v) is 13.1. The molecule has 0 aromatic carbocycles. The van der Waals surface area contributed by atoms with Crippen LogP contribution < -0.4 is 49.1 Å². The number of carboxylic acids is 1. The van der Waals surface area contributed by atoms with Crippen molar-refractivity contribution in [3.05, 3.63) is 0 Å². The first-order chi connectivity index (χ1) is 19.6. The maximum atomic E-state index is 13.0. The van der Waals surface area contributed by atoms with Gasteiger partial charge in [0.15, 0.2) is 11.9 Å². The second kappa shape index (κ2) is 19.4. The molecule has 238 valence electrons. The summed E-state index contributed by atoms with van der Waals surface area (Å²) < 4.78 is 0. The van der Waals surface area contributed by atoms with Gasteiger partial charge in [0.1, 0.15) is 24.2 Å². The second-order valence-electron chi connectivity index (χ2n) is 9.46. The van der Waals surface area contributed by atoms with Gasteiger partial charge >= 0.3 is 5.97 Å². The highest BCUT2D eigenvalue weighted by molar-refractivity contribution is 5.96. The number of hydrogen-bond donors (Lipinski definition) is 13. The fourth-order valence-corrected chi connectivity index (χ4v) is 3.41. The number of nitrogens with two attached hydrogens (primary N) is 3. The van der Waals surface area contributed by atoms with Crippen LogP contribution in [0.4, 0.5) is 0 Å². The number of carbonyl (C=O) groups is 6. The molecule has 16 N–H and O–H groups in total. The van der Waals surface area contributed by atoms with E-state index in [0.717, 1.165) is 0 Å². The van der Waals surface area contributed by atoms with Crippen LogP contribution in [-0.4, -0.2) is 102 Å². The fourth-order valence-electron chi connectivity index (χ4n) is 3.41. The monoisotopic (exact) mass is 601 g/mol. The van der Waals surface area contributed by atoms with Crippen LogP contribution in [0.1, 0.15) is 46.0 Å². The van der Waals surface area contributed by atoms with Crippen LogP contribution in [0.25, 0.3) is 0 Å². The molecule has 0 spiro atoms. The van der Waals surface area contributed by atoms with E-state index in [1.54, 1.807) is 6.92 Å². The summed E-state index contributed by atoms with van der Waals surface area (Å²) in [4.78, 5) is 73.1. The summed E-state index contributed by atoms with van der Waals surface area (Å²) in [6.07, 6.45) is 0.520. The summed E-state index contributed by atoms with van der Waals surface area (Å²) in [6, 6.07) is -5.52. The standard InChI is InChI=1S/C23H43N11O8/c1-11(5-3-7-29-22(25)26)18(39)32-13(6-4-8-30-23(27)28)20(41)34-15(10-35)21(42)31-12(2)19(40)33-14(17(24)38)9-16(36)37/h11-15,35H,3-10H2,1-2H3,(H2,24,38)(H,31,42)(H,32,39)(H,33,40)(H,34,41)(H,36,37)(H4,25,26,29)(H4,27,28,30)/t11-,12-,13-,14-,15-/m0/s1. The van der Waals surface area contributed by atoms with E-state index in [-0.39, 0.29) is 24.9 Å². The third-order valence-corrected chi connectivity index (χ3v) is 5.80. The number of carbonyl (C=O) groups excluding carboxylic acids is 5. The lowest BCUT2D eigenvalue weighted by molar-refractivity contribution is -0.140. The molecule has 0 radical (unpaired) electrons. The van der Waals surface area contributed by atoms with Crippen LogP contribution in [0.5, 0.6) is 0 Å². The van der Waals surface area contributed by atoms with Crippen molar-refractivity contribution in [3.8, 4) is 0 Å². The maximum absolute atomic E-state index is 13.0. The molecule has 19 heteroatoms. The van der Waals surface area contributed by atoms with Crippen LogP contribution >= 0.6 is 0 Å². The van der Waals surface area contributed by atoms with E-state index >= 15 is 0 Å². The molecule has 5 amide bonds. The molecule has 0 saturated heterocycles. The highest BCUT2D eigenvalue weighted by atomic mass is 16.4. The summed E-state index contributed by atoms with van der Waals surface area (Å²) in [5.41, 5.74) is 15.6. The van der Waals surface area contributed by atoms with Crippen molar-refractivity contribution in [1.29, 1.82) is 10.8 Å². The predicted molar refractivity (Wildman–Crippen MR) is 149 cm³/mol. The zero-order chi connectivity index (χ0) is 32.4. The Labute approximate surface area is 242 Å². The number of aliphatic hydroxyl groups is 1. The Bertz CT molecular complexity index is 993. The fraction of sp³-hybridized carbons (Fsp3) is 0.652. The molecular weight excluding hydrogens is 558 g/mol. The van der Waals surface area contributed by atoms with Crippen LogP contribution in [0, 0.1) is 16.7 Å². The number of carboxylic acid groups (broad SMARTS) is 1. The Balaban J connectivity index is 5.33. The topological polar surface area (TPSA) is 341 Å². The van der Waals surface area contributed by atoms with Gasteiger partial charge in [-0.1, -0.05) is 6.92 Å². The van der Waals surface area contributed by atoms with Crippen LogP contribution in [-0.2, 0) is 28.8 Å². The van der Waals surface area contributed by atoms with Crippen molar-refractivity contribution in [2.45, 2.75) is 70.1 Å². The lowest BCUT2D eigenvalue weighted by Crippen LogP contribution is -2.58. The highest BCUT2D eigenvalue weighted by Crippen LogP contribution is 2.08. The molecule has 42 heavy (non-hydrogen) atoms. The zero-order valence-corrected chi connectivity index (χ0v) is 23.6. The molecule has 0 aromatic heterocycles. The van der Waals surface area contributed by atoms with Crippen molar-refractivity contribution in [2.75, 3.05) is 19.7 Å². The average Bonchev–Trinajstić information content (AvgIpc) is 2.89. The number of aliphatic hydroxyl groups excluding tert-OH is 1. The van der Waals surface area contributed by atoms with Crippen LogP contribution in [0.3, 0.4) is 0 Å². The lowest BCUT2D eigenvalue weighted by Gasteiger charge is -2.24. The molecule has 0 aliphatic heterocycles. The minimum Gasteiger partial charge on any atom is -0.481 e. The van der Waals surface area contributed by atoms with Crippen molar-refractivity contribution < 1.29 is 39.0 Å². The molecule has 0 saturated carbocycles. The largest absolute Gasteiger partial charge is 0.481 e. The third kappa shape index (κ3) is 15.8. The zero-order valence-electron chi connectivity index (χ0n) is 23.6. The Morgan fingerprint density at radius 3 is 1.64 bits per heavy atom. The van der Waals surface area contributed by atoms with Gasteiger partial charge in [0.05, 0.1) is 13.0 Å². The van der Waals surface area contributed by atoms with Gasteiger partial charge in [-0.15, -0.1) is 0 Å². The van der Waals surface area contributed by atoms with Crippen LogP contribution in [0.15, 0.2) is 0 Å². The van der Waals surface area contributed by atoms with Gasteiger partial charge in [0.25, 0.3) is 0 Å². The van der Waals surface area contributed by atoms with E-state index in [1.807, 2.05) is 0 Å². The van der Waals surface area contributed by atoms with Gasteiger partial charge in [-0.25, -0.2) is 0 Å². The van der Waals surface area contributed by atoms with Crippen molar-refractivity contribution in [2.24, 2.45) is 23.1 Å². The van der Waals surface area contributed by atoms with Gasteiger partial charge in [0.2, 0.25) is 29.5 Å². The quantitative estimate of drug-likeness (QED) is 0.0354. The average molecular weight is 602 g/mol. The van der Waals surface area contributed by atoms with Crippen molar-refractivity contribution in [3.63, 3.8) is 0 Å². The molecule has 0 unspecified atom stereocenters. The maximum Gasteiger partial charge on any atom is 0.305 e. The molecule has 19 nitrogen and oxygen atoms in total. The summed E-state index contributed by atoms with van der Waals surface area (Å²) in [6.45, 7) is 2.58. The van der Waals surface area contributed by atoms with E-state index in [4.69, 9.17) is 33.1 Å². The van der Waals surface area contributed by atoms with E-state index in [1.165, 1.54) is 6.92 Å². The molecule has 5 atom stereocenters. The molecule has 0 fully saturated rings. The van der Waals surface area contributed by atoms with E-state index in [0.29, 0.717) is 25.8 Å². The Kier molecular flexibility index (Phi) is 17.2. The van der Waals surface area contributed by atoms with Crippen LogP contribution in [0.2, 0.25) is 0 Å². The van der Waals surface area contributed by atoms with E-state index in [2.05, 4.69) is 31.9 Å². The van der Waals surface area contributed by atoms with Gasteiger partial charge in [-0.05, 0) is 32.6 Å². The third-order valence-electron chi connectivity index (χ3n) is 5.80. The minimum atomic E-state index is -1.54. The molecular formula is C23H43N11O8. The lowest BCUT2D eigenvalue weighted by atomic mass is 10.0. The molecule has 0 heterocycles.